The van der Waals surface area contributed by atoms with Crippen molar-refractivity contribution >= 4 is 10.0 Å². The van der Waals surface area contributed by atoms with Crippen LogP contribution in [0.1, 0.15) is 12.8 Å². The van der Waals surface area contributed by atoms with E-state index < -0.39 is 34.8 Å². The Bertz CT molecular complexity index is 331. The number of hydrogen-bond acceptors (Lipinski definition) is 3. The quantitative estimate of drug-likeness (QED) is 0.681. The van der Waals surface area contributed by atoms with Gasteiger partial charge in [-0.2, -0.15) is 22.7 Å². The first kappa shape index (κ1) is 14.2. The van der Waals surface area contributed by atoms with Gasteiger partial charge in [0.1, 0.15) is 6.54 Å². The molecule has 8 heteroatoms. The van der Waals surface area contributed by atoms with Crippen LogP contribution in [0.2, 0.25) is 0 Å². The maximum absolute atomic E-state index is 11.7. The fourth-order valence-electron chi connectivity index (χ4n) is 0.809. The van der Waals surface area contributed by atoms with Gasteiger partial charge in [-0.05, 0) is 6.42 Å². The van der Waals surface area contributed by atoms with Gasteiger partial charge < -0.3 is 0 Å². The Labute approximate surface area is 86.3 Å². The third-order valence-corrected chi connectivity index (χ3v) is 3.51. The molecule has 0 aliphatic rings. The van der Waals surface area contributed by atoms with Gasteiger partial charge in [0, 0.05) is 13.5 Å². The molecule has 4 nitrogen and oxygen atoms in total. The third-order valence-electron chi connectivity index (χ3n) is 1.63. The van der Waals surface area contributed by atoms with Crippen LogP contribution < -0.4 is 0 Å². The number of nitriles is 1. The Kier molecular flexibility index (Phi) is 5.03. The van der Waals surface area contributed by atoms with Crippen LogP contribution in [0, 0.1) is 11.3 Å². The lowest BCUT2D eigenvalue weighted by atomic mass is 10.3. The number of sulfonamides is 1. The number of nitrogens with zero attached hydrogens (tertiary/aromatic N) is 2. The van der Waals surface area contributed by atoms with Crippen molar-refractivity contribution in [2.24, 2.45) is 0 Å². The Hall–Kier alpha value is -0.810. The molecular formula is C7H11F3N2O2S. The molecule has 0 aliphatic heterocycles. The largest absolute Gasteiger partial charge is 0.389 e. The minimum Gasteiger partial charge on any atom is -0.212 e. The van der Waals surface area contributed by atoms with E-state index in [2.05, 4.69) is 0 Å². The Morgan fingerprint density at radius 3 is 2.33 bits per heavy atom. The molecule has 0 saturated heterocycles. The van der Waals surface area contributed by atoms with Gasteiger partial charge in [-0.15, -0.1) is 0 Å². The van der Waals surface area contributed by atoms with Crippen LogP contribution in [0.5, 0.6) is 0 Å². The summed E-state index contributed by atoms with van der Waals surface area (Å²) in [6, 6.07) is 1.60. The van der Waals surface area contributed by atoms with Crippen molar-refractivity contribution in [1.82, 2.24) is 4.31 Å². The summed E-state index contributed by atoms with van der Waals surface area (Å²) in [7, 11) is -2.58. The van der Waals surface area contributed by atoms with E-state index >= 15 is 0 Å². The van der Waals surface area contributed by atoms with Crippen LogP contribution in [0.25, 0.3) is 0 Å². The van der Waals surface area contributed by atoms with Crippen LogP contribution in [0.4, 0.5) is 13.2 Å². The normalized spacial score (nSPS) is 12.8. The molecule has 0 bridgehead atoms. The molecule has 0 rings (SSSR count). The maximum Gasteiger partial charge on any atom is 0.389 e. The summed E-state index contributed by atoms with van der Waals surface area (Å²) < 4.78 is 58.3. The average molecular weight is 244 g/mol. The Morgan fingerprint density at radius 1 is 1.40 bits per heavy atom. The first-order chi connectivity index (χ1) is 6.69. The fourth-order valence-corrected chi connectivity index (χ4v) is 1.88. The standard InChI is InChI=1S/C7H11F3N2O2S/c1-12(5-4-11)15(13,14)6-2-3-7(8,9)10/h2-3,5-6H2,1H3. The second-order valence-corrected chi connectivity index (χ2v) is 5.14. The fraction of sp³-hybridized carbons (Fsp3) is 0.857. The molecular weight excluding hydrogens is 233 g/mol. The van der Waals surface area contributed by atoms with Crippen LogP contribution >= 0.6 is 0 Å². The molecule has 0 N–H and O–H groups in total. The highest BCUT2D eigenvalue weighted by molar-refractivity contribution is 7.89. The van der Waals surface area contributed by atoms with Gasteiger partial charge in [-0.3, -0.25) is 0 Å². The second-order valence-electron chi connectivity index (χ2n) is 2.95. The van der Waals surface area contributed by atoms with Gasteiger partial charge in [0.05, 0.1) is 11.8 Å². The smallest absolute Gasteiger partial charge is 0.212 e. The molecule has 0 unspecified atom stereocenters. The van der Waals surface area contributed by atoms with Crippen molar-refractivity contribution in [1.29, 1.82) is 5.26 Å². The van der Waals surface area contributed by atoms with Gasteiger partial charge in [-0.25, -0.2) is 8.42 Å². The Balaban J connectivity index is 4.13. The van der Waals surface area contributed by atoms with E-state index in [1.807, 2.05) is 0 Å². The highest BCUT2D eigenvalue weighted by Gasteiger charge is 2.28. The van der Waals surface area contributed by atoms with Gasteiger partial charge in [0.2, 0.25) is 10.0 Å². The van der Waals surface area contributed by atoms with Gasteiger partial charge in [0.15, 0.2) is 0 Å². The molecule has 0 radical (unpaired) electrons. The van der Waals surface area contributed by atoms with Gasteiger partial charge in [-0.1, -0.05) is 0 Å². The SMILES string of the molecule is CN(CC#N)S(=O)(=O)CCCC(F)(F)F. The van der Waals surface area contributed by atoms with Crippen molar-refractivity contribution in [2.75, 3.05) is 19.3 Å². The lowest BCUT2D eigenvalue weighted by molar-refractivity contribution is -0.134. The predicted molar refractivity (Wildman–Crippen MR) is 47.3 cm³/mol. The van der Waals surface area contributed by atoms with Crippen molar-refractivity contribution in [3.63, 3.8) is 0 Å². The van der Waals surface area contributed by atoms with E-state index in [1.165, 1.54) is 0 Å². The predicted octanol–water partition coefficient (Wildman–Crippen LogP) is 1.11. The molecule has 0 aromatic heterocycles. The van der Waals surface area contributed by atoms with Crippen molar-refractivity contribution in [2.45, 2.75) is 19.0 Å². The molecule has 0 saturated carbocycles. The molecule has 88 valence electrons. The molecule has 0 aromatic rings. The summed E-state index contributed by atoms with van der Waals surface area (Å²) in [5.41, 5.74) is 0. The zero-order valence-electron chi connectivity index (χ0n) is 8.08. The van der Waals surface area contributed by atoms with Crippen molar-refractivity contribution in [3.8, 4) is 6.07 Å². The van der Waals surface area contributed by atoms with Crippen molar-refractivity contribution < 1.29 is 21.6 Å². The Morgan fingerprint density at radius 2 is 1.93 bits per heavy atom. The van der Waals surface area contributed by atoms with E-state index in [1.54, 1.807) is 6.07 Å². The van der Waals surface area contributed by atoms with Gasteiger partial charge in [0.25, 0.3) is 0 Å². The molecule has 0 spiro atoms. The molecule has 0 fully saturated rings. The lowest BCUT2D eigenvalue weighted by Crippen LogP contribution is -2.30. The summed E-state index contributed by atoms with van der Waals surface area (Å²) in [4.78, 5) is 0. The second kappa shape index (κ2) is 5.32. The molecule has 0 aliphatic carbocycles. The van der Waals surface area contributed by atoms with Crippen molar-refractivity contribution in [3.05, 3.63) is 0 Å². The average Bonchev–Trinajstić information content (AvgIpc) is 2.01. The zero-order chi connectivity index (χ0) is 12.1. The molecule has 15 heavy (non-hydrogen) atoms. The summed E-state index contributed by atoms with van der Waals surface area (Å²) in [5, 5.41) is 8.22. The van der Waals surface area contributed by atoms with Crippen LogP contribution in [-0.4, -0.2) is 38.2 Å². The summed E-state index contributed by atoms with van der Waals surface area (Å²) in [6.45, 7) is -0.353. The summed E-state index contributed by atoms with van der Waals surface area (Å²) in [6.07, 6.45) is -5.96. The van der Waals surface area contributed by atoms with E-state index in [9.17, 15) is 21.6 Å². The number of rotatable bonds is 5. The van der Waals surface area contributed by atoms with Gasteiger partial charge >= 0.3 is 6.18 Å². The highest BCUT2D eigenvalue weighted by atomic mass is 32.2. The first-order valence-electron chi connectivity index (χ1n) is 4.07. The van der Waals surface area contributed by atoms with Crippen LogP contribution in [0.15, 0.2) is 0 Å². The summed E-state index contributed by atoms with van der Waals surface area (Å²) in [5.74, 6) is -0.593. The van der Waals surface area contributed by atoms with E-state index in [0.717, 1.165) is 11.4 Å². The van der Waals surface area contributed by atoms with E-state index in [4.69, 9.17) is 5.26 Å². The molecule has 0 aromatic carbocycles. The van der Waals surface area contributed by atoms with Crippen LogP contribution in [-0.2, 0) is 10.0 Å². The first-order valence-corrected chi connectivity index (χ1v) is 5.67. The monoisotopic (exact) mass is 244 g/mol. The number of halogens is 3. The van der Waals surface area contributed by atoms with E-state index in [-0.39, 0.29) is 6.54 Å². The maximum atomic E-state index is 11.7. The minimum atomic E-state index is -4.34. The zero-order valence-corrected chi connectivity index (χ0v) is 8.90. The minimum absolute atomic E-state index is 0.353. The third kappa shape index (κ3) is 6.30. The number of alkyl halides is 3. The van der Waals surface area contributed by atoms with E-state index in [0.29, 0.717) is 0 Å². The number of hydrogen-bond donors (Lipinski definition) is 0. The summed E-state index contributed by atoms with van der Waals surface area (Å²) >= 11 is 0. The van der Waals surface area contributed by atoms with Crippen LogP contribution in [0.3, 0.4) is 0 Å². The highest BCUT2D eigenvalue weighted by Crippen LogP contribution is 2.21. The topological polar surface area (TPSA) is 61.2 Å². The molecule has 0 amide bonds. The lowest BCUT2D eigenvalue weighted by Gasteiger charge is -2.13. The molecule has 0 atom stereocenters. The molecule has 0 heterocycles.